The van der Waals surface area contributed by atoms with E-state index in [2.05, 4.69) is 10.5 Å². The first-order chi connectivity index (χ1) is 12.5. The number of nitro benzene ring substituents is 1. The van der Waals surface area contributed by atoms with E-state index < -0.39 is 10.8 Å². The molecule has 136 valence electrons. The minimum Gasteiger partial charge on any atom is -0.490 e. The van der Waals surface area contributed by atoms with Gasteiger partial charge in [0.05, 0.1) is 17.7 Å². The molecule has 2 rings (SSSR count). The second-order valence-corrected chi connectivity index (χ2v) is 5.34. The largest absolute Gasteiger partial charge is 0.490 e. The Morgan fingerprint density at radius 2 is 1.96 bits per heavy atom. The van der Waals surface area contributed by atoms with Crippen LogP contribution in [-0.2, 0) is 4.79 Å². The lowest BCUT2D eigenvalue weighted by atomic mass is 10.2. The maximum Gasteiger partial charge on any atom is 0.288 e. The van der Waals surface area contributed by atoms with Gasteiger partial charge in [-0.2, -0.15) is 5.10 Å². The zero-order chi connectivity index (χ0) is 18.9. The van der Waals surface area contributed by atoms with E-state index in [1.807, 2.05) is 6.92 Å². The number of halogens is 1. The number of hydrazone groups is 1. The molecule has 9 heteroatoms. The topological polar surface area (TPSA) is 103 Å². The number of benzene rings is 2. The van der Waals surface area contributed by atoms with Crippen molar-refractivity contribution in [3.63, 3.8) is 0 Å². The molecule has 0 radical (unpaired) electrons. The van der Waals surface area contributed by atoms with Crippen LogP contribution in [0, 0.1) is 10.1 Å². The molecule has 1 amide bonds. The van der Waals surface area contributed by atoms with Gasteiger partial charge in [0, 0.05) is 11.6 Å². The van der Waals surface area contributed by atoms with Crippen LogP contribution in [0.15, 0.2) is 47.6 Å². The molecule has 2 aromatic carbocycles. The highest BCUT2D eigenvalue weighted by Crippen LogP contribution is 2.26. The molecule has 0 heterocycles. The summed E-state index contributed by atoms with van der Waals surface area (Å²) in [6, 6.07) is 11.2. The summed E-state index contributed by atoms with van der Waals surface area (Å²) in [6.45, 7) is 2.06. The number of ether oxygens (including phenoxy) is 2. The van der Waals surface area contributed by atoms with Gasteiger partial charge >= 0.3 is 0 Å². The van der Waals surface area contributed by atoms with Crippen LogP contribution in [0.25, 0.3) is 0 Å². The number of carbonyl (C=O) groups excluding carboxylic acids is 1. The molecule has 8 nitrogen and oxygen atoms in total. The van der Waals surface area contributed by atoms with Gasteiger partial charge in [0.25, 0.3) is 11.6 Å². The molecule has 26 heavy (non-hydrogen) atoms. The van der Waals surface area contributed by atoms with Crippen LogP contribution in [0.5, 0.6) is 11.5 Å². The van der Waals surface area contributed by atoms with Crippen molar-refractivity contribution in [1.82, 2.24) is 5.43 Å². The third-order valence-electron chi connectivity index (χ3n) is 3.08. The van der Waals surface area contributed by atoms with E-state index in [0.29, 0.717) is 23.7 Å². The van der Waals surface area contributed by atoms with E-state index in [9.17, 15) is 14.9 Å². The van der Waals surface area contributed by atoms with Gasteiger partial charge in [0.15, 0.2) is 18.1 Å². The molecule has 0 spiro atoms. The molecule has 0 aliphatic carbocycles. The van der Waals surface area contributed by atoms with Crippen LogP contribution in [0.3, 0.4) is 0 Å². The van der Waals surface area contributed by atoms with Crippen molar-refractivity contribution in [2.45, 2.75) is 6.92 Å². The van der Waals surface area contributed by atoms with Crippen molar-refractivity contribution in [2.24, 2.45) is 5.10 Å². The fourth-order valence-electron chi connectivity index (χ4n) is 1.95. The molecule has 0 bridgehead atoms. The summed E-state index contributed by atoms with van der Waals surface area (Å²) < 4.78 is 10.8. The van der Waals surface area contributed by atoms with E-state index in [1.165, 1.54) is 18.3 Å². The van der Waals surface area contributed by atoms with E-state index in [-0.39, 0.29) is 17.3 Å². The minimum atomic E-state index is -0.595. The standard InChI is InChI=1S/C17H16ClN3O5/c1-2-25-15-5-3-4-6-16(15)26-11-17(22)20-19-10-12-7-8-13(18)14(9-12)21(23)24/h3-10H,2,11H2,1H3,(H,20,22)/b19-10-. The van der Waals surface area contributed by atoms with Crippen LogP contribution >= 0.6 is 11.6 Å². The Bertz CT molecular complexity index is 826. The Kier molecular flexibility index (Phi) is 6.92. The Morgan fingerprint density at radius 1 is 1.27 bits per heavy atom. The third-order valence-corrected chi connectivity index (χ3v) is 3.40. The number of nitrogens with one attached hydrogen (secondary N) is 1. The van der Waals surface area contributed by atoms with E-state index in [0.717, 1.165) is 0 Å². The van der Waals surface area contributed by atoms with Gasteiger partial charge in [-0.15, -0.1) is 0 Å². The molecule has 0 aromatic heterocycles. The quantitative estimate of drug-likeness (QED) is 0.432. The Labute approximate surface area is 154 Å². The zero-order valence-electron chi connectivity index (χ0n) is 13.8. The second kappa shape index (κ2) is 9.38. The lowest BCUT2D eigenvalue weighted by Gasteiger charge is -2.10. The molecule has 0 aliphatic heterocycles. The van der Waals surface area contributed by atoms with Crippen molar-refractivity contribution in [3.05, 3.63) is 63.2 Å². The molecule has 0 unspecified atom stereocenters. The van der Waals surface area contributed by atoms with Crippen LogP contribution in [-0.4, -0.2) is 30.3 Å². The lowest BCUT2D eigenvalue weighted by Crippen LogP contribution is -2.24. The number of nitrogens with zero attached hydrogens (tertiary/aromatic N) is 2. The smallest absolute Gasteiger partial charge is 0.288 e. The van der Waals surface area contributed by atoms with E-state index in [1.54, 1.807) is 30.3 Å². The van der Waals surface area contributed by atoms with Crippen molar-refractivity contribution >= 4 is 29.4 Å². The fourth-order valence-corrected chi connectivity index (χ4v) is 2.13. The number of para-hydroxylation sites is 2. The normalized spacial score (nSPS) is 10.5. The molecule has 0 aliphatic rings. The van der Waals surface area contributed by atoms with Crippen LogP contribution < -0.4 is 14.9 Å². The van der Waals surface area contributed by atoms with Gasteiger partial charge in [-0.3, -0.25) is 14.9 Å². The fraction of sp³-hybridized carbons (Fsp3) is 0.176. The SMILES string of the molecule is CCOc1ccccc1OCC(=O)N/N=C\c1ccc(Cl)c([N+](=O)[O-])c1. The van der Waals surface area contributed by atoms with Gasteiger partial charge < -0.3 is 9.47 Å². The zero-order valence-corrected chi connectivity index (χ0v) is 14.6. The van der Waals surface area contributed by atoms with Crippen LogP contribution in [0.2, 0.25) is 5.02 Å². The predicted octanol–water partition coefficient (Wildman–Crippen LogP) is 3.18. The summed E-state index contributed by atoms with van der Waals surface area (Å²) in [4.78, 5) is 22.0. The summed E-state index contributed by atoms with van der Waals surface area (Å²) in [5, 5.41) is 14.6. The first-order valence-electron chi connectivity index (χ1n) is 7.61. The van der Waals surface area contributed by atoms with Crippen molar-refractivity contribution < 1.29 is 19.2 Å². The summed E-state index contributed by atoms with van der Waals surface area (Å²) in [5.41, 5.74) is 2.46. The average Bonchev–Trinajstić information content (AvgIpc) is 2.62. The second-order valence-electron chi connectivity index (χ2n) is 4.93. The Hall–Kier alpha value is -3.13. The summed E-state index contributed by atoms with van der Waals surface area (Å²) in [5.74, 6) is 0.498. The van der Waals surface area contributed by atoms with Crippen LogP contribution in [0.1, 0.15) is 12.5 Å². The van der Waals surface area contributed by atoms with E-state index >= 15 is 0 Å². The lowest BCUT2D eigenvalue weighted by molar-refractivity contribution is -0.384. The Balaban J connectivity index is 1.90. The molecule has 2 aromatic rings. The first kappa shape index (κ1) is 19.2. The molecule has 0 saturated carbocycles. The maximum absolute atomic E-state index is 11.8. The summed E-state index contributed by atoms with van der Waals surface area (Å²) in [6.07, 6.45) is 1.27. The average molecular weight is 378 g/mol. The summed E-state index contributed by atoms with van der Waals surface area (Å²) in [7, 11) is 0. The predicted molar refractivity (Wildman–Crippen MR) is 96.9 cm³/mol. The molecule has 0 fully saturated rings. The number of hydrogen-bond acceptors (Lipinski definition) is 6. The highest BCUT2D eigenvalue weighted by atomic mass is 35.5. The number of rotatable bonds is 8. The van der Waals surface area contributed by atoms with Gasteiger partial charge in [0.1, 0.15) is 5.02 Å². The minimum absolute atomic E-state index is 0.0255. The first-order valence-corrected chi connectivity index (χ1v) is 7.99. The number of nitro groups is 1. The molecular weight excluding hydrogens is 362 g/mol. The Morgan fingerprint density at radius 3 is 2.62 bits per heavy atom. The maximum atomic E-state index is 11.8. The highest BCUT2D eigenvalue weighted by molar-refractivity contribution is 6.32. The van der Waals surface area contributed by atoms with Gasteiger partial charge in [-0.05, 0) is 25.1 Å². The van der Waals surface area contributed by atoms with Gasteiger partial charge in [0.2, 0.25) is 0 Å². The van der Waals surface area contributed by atoms with Gasteiger partial charge in [-0.1, -0.05) is 29.8 Å². The number of hydrogen-bond donors (Lipinski definition) is 1. The monoisotopic (exact) mass is 377 g/mol. The van der Waals surface area contributed by atoms with Crippen molar-refractivity contribution in [2.75, 3.05) is 13.2 Å². The molecule has 1 N–H and O–H groups in total. The van der Waals surface area contributed by atoms with Crippen molar-refractivity contribution in [1.29, 1.82) is 0 Å². The van der Waals surface area contributed by atoms with Crippen molar-refractivity contribution in [3.8, 4) is 11.5 Å². The molecule has 0 saturated heterocycles. The van der Waals surface area contributed by atoms with E-state index in [4.69, 9.17) is 21.1 Å². The third kappa shape index (κ3) is 5.45. The van der Waals surface area contributed by atoms with Gasteiger partial charge in [-0.25, -0.2) is 5.43 Å². The summed E-state index contributed by atoms with van der Waals surface area (Å²) >= 11 is 5.73. The van der Waals surface area contributed by atoms with Crippen LogP contribution in [0.4, 0.5) is 5.69 Å². The number of carbonyl (C=O) groups is 1. The highest BCUT2D eigenvalue weighted by Gasteiger charge is 2.12. The molecule has 0 atom stereocenters. The molecular formula is C17H16ClN3O5. The number of amides is 1.